The molecule has 1 N–H and O–H groups in total. The van der Waals surface area contributed by atoms with E-state index in [0.717, 1.165) is 25.8 Å². The van der Waals surface area contributed by atoms with E-state index < -0.39 is 0 Å². The zero-order valence-electron chi connectivity index (χ0n) is 12.2. The minimum Gasteiger partial charge on any atom is -0.382 e. The summed E-state index contributed by atoms with van der Waals surface area (Å²) in [7, 11) is 1.78. The van der Waals surface area contributed by atoms with E-state index in [4.69, 9.17) is 4.74 Å². The van der Waals surface area contributed by atoms with Gasteiger partial charge in [0.15, 0.2) is 0 Å². The van der Waals surface area contributed by atoms with Gasteiger partial charge in [0.1, 0.15) is 0 Å². The van der Waals surface area contributed by atoms with Gasteiger partial charge in [-0.05, 0) is 43.9 Å². The molecule has 102 valence electrons. The second kappa shape index (κ2) is 8.28. The molecule has 0 saturated heterocycles. The Morgan fingerprint density at radius 3 is 2.28 bits per heavy atom. The predicted octanol–water partition coefficient (Wildman–Crippen LogP) is 3.71. The third-order valence-electron chi connectivity index (χ3n) is 3.51. The summed E-state index contributed by atoms with van der Waals surface area (Å²) in [5.74, 6) is 0. The predicted molar refractivity (Wildman–Crippen MR) is 77.9 cm³/mol. The standard InChI is InChI=1S/C16H27NO/c1-5-14-8-10-15(11-9-14)16(17-6-2)12-7-13(3)18-4/h8-11,13,16-17H,5-7,12H2,1-4H3. The Balaban J connectivity index is 2.64. The Kier molecular flexibility index (Phi) is 6.99. The van der Waals surface area contributed by atoms with Gasteiger partial charge in [-0.3, -0.25) is 0 Å². The minimum absolute atomic E-state index is 0.334. The summed E-state index contributed by atoms with van der Waals surface area (Å²) in [5.41, 5.74) is 2.79. The van der Waals surface area contributed by atoms with Crippen molar-refractivity contribution in [1.82, 2.24) is 5.32 Å². The topological polar surface area (TPSA) is 21.3 Å². The smallest absolute Gasteiger partial charge is 0.0543 e. The quantitative estimate of drug-likeness (QED) is 0.758. The van der Waals surface area contributed by atoms with E-state index in [0.29, 0.717) is 12.1 Å². The van der Waals surface area contributed by atoms with Crippen molar-refractivity contribution in [2.75, 3.05) is 13.7 Å². The number of hydrogen-bond acceptors (Lipinski definition) is 2. The van der Waals surface area contributed by atoms with Crippen molar-refractivity contribution in [1.29, 1.82) is 0 Å². The molecule has 2 unspecified atom stereocenters. The van der Waals surface area contributed by atoms with Gasteiger partial charge in [0.05, 0.1) is 6.10 Å². The summed E-state index contributed by atoms with van der Waals surface area (Å²) in [5, 5.41) is 3.56. The summed E-state index contributed by atoms with van der Waals surface area (Å²) in [6, 6.07) is 9.42. The van der Waals surface area contributed by atoms with Gasteiger partial charge >= 0.3 is 0 Å². The molecule has 0 amide bonds. The van der Waals surface area contributed by atoms with Crippen LogP contribution in [0.1, 0.15) is 50.8 Å². The van der Waals surface area contributed by atoms with Crippen molar-refractivity contribution >= 4 is 0 Å². The zero-order chi connectivity index (χ0) is 13.4. The van der Waals surface area contributed by atoms with E-state index in [1.807, 2.05) is 0 Å². The molecule has 0 aliphatic heterocycles. The third-order valence-corrected chi connectivity index (χ3v) is 3.51. The molecule has 0 saturated carbocycles. The molecule has 2 atom stereocenters. The Morgan fingerprint density at radius 1 is 1.11 bits per heavy atom. The van der Waals surface area contributed by atoms with Gasteiger partial charge < -0.3 is 10.1 Å². The van der Waals surface area contributed by atoms with Crippen molar-refractivity contribution < 1.29 is 4.74 Å². The Morgan fingerprint density at radius 2 is 1.78 bits per heavy atom. The maximum absolute atomic E-state index is 5.32. The zero-order valence-corrected chi connectivity index (χ0v) is 12.2. The third kappa shape index (κ3) is 4.79. The maximum atomic E-state index is 5.32. The van der Waals surface area contributed by atoms with E-state index in [2.05, 4.69) is 50.4 Å². The average Bonchev–Trinajstić information content (AvgIpc) is 2.43. The molecule has 0 spiro atoms. The number of ether oxygens (including phenoxy) is 1. The SMILES string of the molecule is CCNC(CCC(C)OC)c1ccc(CC)cc1. The molecule has 0 heterocycles. The summed E-state index contributed by atoms with van der Waals surface area (Å²) in [6.07, 6.45) is 3.64. The van der Waals surface area contributed by atoms with E-state index in [1.54, 1.807) is 7.11 Å². The van der Waals surface area contributed by atoms with E-state index >= 15 is 0 Å². The molecule has 2 heteroatoms. The molecule has 0 aromatic heterocycles. The molecule has 0 aliphatic carbocycles. The second-order valence-electron chi connectivity index (χ2n) is 4.83. The summed E-state index contributed by atoms with van der Waals surface area (Å²) >= 11 is 0. The lowest BCUT2D eigenvalue weighted by Crippen LogP contribution is -2.22. The highest BCUT2D eigenvalue weighted by Crippen LogP contribution is 2.20. The van der Waals surface area contributed by atoms with Crippen LogP contribution in [0.5, 0.6) is 0 Å². The van der Waals surface area contributed by atoms with Crippen molar-refractivity contribution in [2.24, 2.45) is 0 Å². The first-order valence-corrected chi connectivity index (χ1v) is 7.06. The fourth-order valence-electron chi connectivity index (χ4n) is 2.14. The number of nitrogens with one attached hydrogen (secondary N) is 1. The van der Waals surface area contributed by atoms with Crippen molar-refractivity contribution in [3.63, 3.8) is 0 Å². The first-order valence-electron chi connectivity index (χ1n) is 7.06. The van der Waals surface area contributed by atoms with Crippen LogP contribution < -0.4 is 5.32 Å². The summed E-state index contributed by atoms with van der Waals surface area (Å²) < 4.78 is 5.32. The number of hydrogen-bond donors (Lipinski definition) is 1. The molecule has 18 heavy (non-hydrogen) atoms. The van der Waals surface area contributed by atoms with Crippen LogP contribution in [0.3, 0.4) is 0 Å². The fraction of sp³-hybridized carbons (Fsp3) is 0.625. The van der Waals surface area contributed by atoms with Crippen LogP contribution in [-0.2, 0) is 11.2 Å². The van der Waals surface area contributed by atoms with Gasteiger partial charge in [0.2, 0.25) is 0 Å². The highest BCUT2D eigenvalue weighted by Gasteiger charge is 2.11. The van der Waals surface area contributed by atoms with Gasteiger partial charge in [0, 0.05) is 13.2 Å². The molecule has 0 aliphatic rings. The molecule has 1 aromatic carbocycles. The van der Waals surface area contributed by atoms with Crippen LogP contribution in [0.4, 0.5) is 0 Å². The molecule has 1 rings (SSSR count). The van der Waals surface area contributed by atoms with Crippen LogP contribution in [0.2, 0.25) is 0 Å². The highest BCUT2D eigenvalue weighted by atomic mass is 16.5. The van der Waals surface area contributed by atoms with Gasteiger partial charge in [-0.2, -0.15) is 0 Å². The minimum atomic E-state index is 0.334. The lowest BCUT2D eigenvalue weighted by Gasteiger charge is -2.20. The van der Waals surface area contributed by atoms with E-state index in [1.165, 1.54) is 11.1 Å². The Labute approximate surface area is 112 Å². The van der Waals surface area contributed by atoms with Crippen LogP contribution in [-0.4, -0.2) is 19.8 Å². The Hall–Kier alpha value is -0.860. The second-order valence-corrected chi connectivity index (χ2v) is 4.83. The maximum Gasteiger partial charge on any atom is 0.0543 e. The van der Waals surface area contributed by atoms with Gasteiger partial charge in [-0.1, -0.05) is 38.1 Å². The first kappa shape index (κ1) is 15.2. The van der Waals surface area contributed by atoms with E-state index in [-0.39, 0.29) is 0 Å². The molecule has 1 aromatic rings. The van der Waals surface area contributed by atoms with Crippen LogP contribution >= 0.6 is 0 Å². The van der Waals surface area contributed by atoms with Gasteiger partial charge in [-0.15, -0.1) is 0 Å². The normalized spacial score (nSPS) is 14.4. The van der Waals surface area contributed by atoms with Gasteiger partial charge in [-0.25, -0.2) is 0 Å². The molecule has 0 radical (unpaired) electrons. The molecule has 0 bridgehead atoms. The first-order chi connectivity index (χ1) is 8.71. The van der Waals surface area contributed by atoms with Crippen molar-refractivity contribution in [3.8, 4) is 0 Å². The number of rotatable bonds is 8. The average molecular weight is 249 g/mol. The molecular formula is C16H27NO. The van der Waals surface area contributed by atoms with Crippen LogP contribution in [0.25, 0.3) is 0 Å². The van der Waals surface area contributed by atoms with Crippen molar-refractivity contribution in [2.45, 2.75) is 52.2 Å². The monoisotopic (exact) mass is 249 g/mol. The lowest BCUT2D eigenvalue weighted by molar-refractivity contribution is 0.106. The summed E-state index contributed by atoms with van der Waals surface area (Å²) in [4.78, 5) is 0. The van der Waals surface area contributed by atoms with E-state index in [9.17, 15) is 0 Å². The van der Waals surface area contributed by atoms with Gasteiger partial charge in [0.25, 0.3) is 0 Å². The van der Waals surface area contributed by atoms with Crippen molar-refractivity contribution in [3.05, 3.63) is 35.4 Å². The largest absolute Gasteiger partial charge is 0.382 e. The summed E-state index contributed by atoms with van der Waals surface area (Å²) in [6.45, 7) is 7.48. The molecule has 2 nitrogen and oxygen atoms in total. The van der Waals surface area contributed by atoms with Crippen LogP contribution in [0.15, 0.2) is 24.3 Å². The molecular weight excluding hydrogens is 222 g/mol. The van der Waals surface area contributed by atoms with Crippen LogP contribution in [0, 0.1) is 0 Å². The highest BCUT2D eigenvalue weighted by molar-refractivity contribution is 5.25. The number of benzene rings is 1. The number of methoxy groups -OCH3 is 1. The lowest BCUT2D eigenvalue weighted by atomic mass is 9.98. The molecule has 0 fully saturated rings. The Bertz CT molecular complexity index is 320. The fourth-order valence-corrected chi connectivity index (χ4v) is 2.14. The number of aryl methyl sites for hydroxylation is 1.